The smallest absolute Gasteiger partial charge is 0.324 e. The first kappa shape index (κ1) is 8.25. The summed E-state index contributed by atoms with van der Waals surface area (Å²) in [4.78, 5) is 10.8. The van der Waals surface area contributed by atoms with E-state index in [1.165, 1.54) is 0 Å². The van der Waals surface area contributed by atoms with Gasteiger partial charge < -0.3 is 10.8 Å². The van der Waals surface area contributed by atoms with Crippen molar-refractivity contribution in [3.8, 4) is 0 Å². The maximum absolute atomic E-state index is 10.8. The Balaban J connectivity index is 2.37. The number of rotatable bonds is 1. The minimum Gasteiger partial charge on any atom is -0.480 e. The fourth-order valence-corrected chi connectivity index (χ4v) is 1.71. The number of hydrogen-bond acceptors (Lipinski definition) is 3. The fourth-order valence-electron chi connectivity index (χ4n) is 1.71. The second-order valence-electron chi connectivity index (χ2n) is 3.59. The summed E-state index contributed by atoms with van der Waals surface area (Å²) in [7, 11) is 0. The van der Waals surface area contributed by atoms with Gasteiger partial charge in [0.2, 0.25) is 0 Å². The Morgan fingerprint density at radius 3 is 2.92 bits per heavy atom. The molecule has 1 aromatic rings. The lowest BCUT2D eigenvalue weighted by Crippen LogP contribution is -2.49. The lowest BCUT2D eigenvalue weighted by Gasteiger charge is -2.16. The lowest BCUT2D eigenvalue weighted by atomic mass is 9.98. The number of aryl methyl sites for hydroxylation is 1. The first-order chi connectivity index (χ1) is 6.03. The minimum atomic E-state index is -1.14. The molecule has 0 fully saturated rings. The summed E-state index contributed by atoms with van der Waals surface area (Å²) in [5.74, 6) is -0.954. The van der Waals surface area contributed by atoms with Gasteiger partial charge in [-0.15, -0.1) is 0 Å². The van der Waals surface area contributed by atoms with E-state index in [1.54, 1.807) is 0 Å². The predicted octanol–water partition coefficient (Wildman–Crippen LogP) is -0.401. The monoisotopic (exact) mass is 181 g/mol. The summed E-state index contributed by atoms with van der Waals surface area (Å²) in [5.41, 5.74) is 7.25. The van der Waals surface area contributed by atoms with Crippen LogP contribution in [-0.2, 0) is 17.6 Å². The topological polar surface area (TPSA) is 92.0 Å². The molecule has 5 heteroatoms. The van der Waals surface area contributed by atoms with Crippen molar-refractivity contribution in [1.29, 1.82) is 0 Å². The highest BCUT2D eigenvalue weighted by Crippen LogP contribution is 2.28. The van der Waals surface area contributed by atoms with Crippen LogP contribution in [0.15, 0.2) is 0 Å². The van der Waals surface area contributed by atoms with Crippen LogP contribution in [0.2, 0.25) is 0 Å². The van der Waals surface area contributed by atoms with Gasteiger partial charge in [0.15, 0.2) is 0 Å². The van der Waals surface area contributed by atoms with Crippen LogP contribution in [0.3, 0.4) is 0 Å². The summed E-state index contributed by atoms with van der Waals surface area (Å²) in [6, 6.07) is 0. The number of nitrogens with one attached hydrogen (secondary N) is 1. The van der Waals surface area contributed by atoms with Crippen molar-refractivity contribution in [3.63, 3.8) is 0 Å². The Morgan fingerprint density at radius 2 is 2.38 bits per heavy atom. The van der Waals surface area contributed by atoms with Crippen LogP contribution < -0.4 is 5.73 Å². The van der Waals surface area contributed by atoms with Crippen molar-refractivity contribution < 1.29 is 9.90 Å². The number of H-pyrrole nitrogens is 1. The molecule has 1 atom stereocenters. The maximum atomic E-state index is 10.8. The molecule has 0 aromatic carbocycles. The van der Waals surface area contributed by atoms with Gasteiger partial charge in [-0.25, -0.2) is 0 Å². The Morgan fingerprint density at radius 1 is 1.69 bits per heavy atom. The van der Waals surface area contributed by atoms with Gasteiger partial charge in [0.1, 0.15) is 5.54 Å². The Hall–Kier alpha value is -1.36. The Kier molecular flexibility index (Phi) is 1.47. The van der Waals surface area contributed by atoms with Gasteiger partial charge in [-0.2, -0.15) is 5.10 Å². The molecule has 0 bridgehead atoms. The molecule has 0 amide bonds. The van der Waals surface area contributed by atoms with E-state index in [1.807, 2.05) is 6.92 Å². The molecule has 13 heavy (non-hydrogen) atoms. The van der Waals surface area contributed by atoms with Crippen LogP contribution in [-0.4, -0.2) is 26.8 Å². The average Bonchev–Trinajstić information content (AvgIpc) is 2.52. The van der Waals surface area contributed by atoms with Gasteiger partial charge in [0.05, 0.1) is 5.69 Å². The first-order valence-electron chi connectivity index (χ1n) is 4.08. The zero-order chi connectivity index (χ0) is 9.64. The zero-order valence-electron chi connectivity index (χ0n) is 7.29. The van der Waals surface area contributed by atoms with Crippen molar-refractivity contribution in [2.45, 2.75) is 25.3 Å². The predicted molar refractivity (Wildman–Crippen MR) is 45.3 cm³/mol. The minimum absolute atomic E-state index is 0.321. The third kappa shape index (κ3) is 1.04. The summed E-state index contributed by atoms with van der Waals surface area (Å²) in [6.07, 6.45) is 0.696. The largest absolute Gasteiger partial charge is 0.480 e. The molecule has 1 aliphatic rings. The lowest BCUT2D eigenvalue weighted by molar-refractivity contribution is -0.142. The van der Waals surface area contributed by atoms with E-state index in [4.69, 9.17) is 10.8 Å². The molecular weight excluding hydrogens is 170 g/mol. The van der Waals surface area contributed by atoms with Crippen molar-refractivity contribution in [3.05, 3.63) is 17.0 Å². The van der Waals surface area contributed by atoms with Crippen molar-refractivity contribution in [2.75, 3.05) is 0 Å². The molecule has 70 valence electrons. The molecular formula is C8H11N3O2. The van der Waals surface area contributed by atoms with Gasteiger partial charge in [-0.3, -0.25) is 9.89 Å². The number of hydrogen-bond donors (Lipinski definition) is 3. The van der Waals surface area contributed by atoms with Crippen LogP contribution in [0.25, 0.3) is 0 Å². The SMILES string of the molecule is Cc1[nH]nc2c1CC(N)(C(=O)O)C2. The molecule has 1 aliphatic carbocycles. The van der Waals surface area contributed by atoms with Gasteiger partial charge in [-0.1, -0.05) is 0 Å². The number of carbonyl (C=O) groups is 1. The number of aromatic amines is 1. The van der Waals surface area contributed by atoms with Gasteiger partial charge in [-0.05, 0) is 12.5 Å². The number of fused-ring (bicyclic) bond motifs is 1. The second kappa shape index (κ2) is 2.32. The fraction of sp³-hybridized carbons (Fsp3) is 0.500. The van der Waals surface area contributed by atoms with Crippen LogP contribution >= 0.6 is 0 Å². The standard InChI is InChI=1S/C8H11N3O2/c1-4-5-2-8(9,7(12)13)3-6(5)11-10-4/h2-3,9H2,1H3,(H,10,11)(H,12,13). The normalized spacial score (nSPS) is 26.0. The van der Waals surface area contributed by atoms with Crippen molar-refractivity contribution >= 4 is 5.97 Å². The highest BCUT2D eigenvalue weighted by Gasteiger charge is 2.42. The summed E-state index contributed by atoms with van der Waals surface area (Å²) >= 11 is 0. The number of nitrogens with two attached hydrogens (primary N) is 1. The number of carboxylic acids is 1. The highest BCUT2D eigenvalue weighted by atomic mass is 16.4. The molecule has 0 saturated heterocycles. The molecule has 0 aliphatic heterocycles. The molecule has 1 aromatic heterocycles. The summed E-state index contributed by atoms with van der Waals surface area (Å²) in [6.45, 7) is 1.87. The van der Waals surface area contributed by atoms with E-state index < -0.39 is 11.5 Å². The van der Waals surface area contributed by atoms with E-state index >= 15 is 0 Å². The molecule has 0 spiro atoms. The Bertz CT molecular complexity index is 371. The van der Waals surface area contributed by atoms with Crippen LogP contribution in [0, 0.1) is 6.92 Å². The van der Waals surface area contributed by atoms with Gasteiger partial charge in [0, 0.05) is 18.5 Å². The van der Waals surface area contributed by atoms with E-state index in [0.29, 0.717) is 12.8 Å². The molecule has 1 heterocycles. The number of nitrogens with zero attached hydrogens (tertiary/aromatic N) is 1. The second-order valence-corrected chi connectivity index (χ2v) is 3.59. The van der Waals surface area contributed by atoms with E-state index in [9.17, 15) is 4.79 Å². The molecule has 4 N–H and O–H groups in total. The molecule has 0 saturated carbocycles. The number of aromatic nitrogens is 2. The average molecular weight is 181 g/mol. The maximum Gasteiger partial charge on any atom is 0.324 e. The van der Waals surface area contributed by atoms with Crippen LogP contribution in [0.4, 0.5) is 0 Å². The third-order valence-corrected chi connectivity index (χ3v) is 2.56. The van der Waals surface area contributed by atoms with Gasteiger partial charge in [0.25, 0.3) is 0 Å². The highest BCUT2D eigenvalue weighted by molar-refractivity contribution is 5.80. The van der Waals surface area contributed by atoms with E-state index in [-0.39, 0.29) is 0 Å². The van der Waals surface area contributed by atoms with Gasteiger partial charge >= 0.3 is 5.97 Å². The summed E-state index contributed by atoms with van der Waals surface area (Å²) in [5, 5.41) is 15.7. The third-order valence-electron chi connectivity index (χ3n) is 2.56. The number of carboxylic acid groups (broad SMARTS) is 1. The molecule has 5 nitrogen and oxygen atoms in total. The molecule has 2 rings (SSSR count). The Labute approximate surface area is 74.9 Å². The van der Waals surface area contributed by atoms with Crippen LogP contribution in [0.5, 0.6) is 0 Å². The molecule has 1 unspecified atom stereocenters. The quantitative estimate of drug-likeness (QED) is 0.549. The van der Waals surface area contributed by atoms with E-state index in [2.05, 4.69) is 10.2 Å². The first-order valence-corrected chi connectivity index (χ1v) is 4.08. The van der Waals surface area contributed by atoms with Crippen LogP contribution in [0.1, 0.15) is 17.0 Å². The molecule has 0 radical (unpaired) electrons. The zero-order valence-corrected chi connectivity index (χ0v) is 7.29. The van der Waals surface area contributed by atoms with Crippen molar-refractivity contribution in [1.82, 2.24) is 10.2 Å². The van der Waals surface area contributed by atoms with E-state index in [0.717, 1.165) is 17.0 Å². The summed E-state index contributed by atoms with van der Waals surface area (Å²) < 4.78 is 0. The number of aliphatic carboxylic acids is 1. The van der Waals surface area contributed by atoms with Crippen molar-refractivity contribution in [2.24, 2.45) is 5.73 Å².